The molecule has 2 nitrogen and oxygen atoms in total. The zero-order chi connectivity index (χ0) is 13.1. The van der Waals surface area contributed by atoms with Crippen molar-refractivity contribution in [3.8, 4) is 11.1 Å². The largest absolute Gasteiger partial charge is 0.481 e. The maximum atomic E-state index is 13.7. The normalized spacial score (nSPS) is 10.3. The predicted molar refractivity (Wildman–Crippen MR) is 68.2 cm³/mol. The van der Waals surface area contributed by atoms with Crippen molar-refractivity contribution in [2.45, 2.75) is 6.42 Å². The van der Waals surface area contributed by atoms with Crippen LogP contribution in [0.5, 0.6) is 0 Å². The van der Waals surface area contributed by atoms with Crippen molar-refractivity contribution in [3.05, 3.63) is 58.9 Å². The van der Waals surface area contributed by atoms with E-state index in [9.17, 15) is 9.18 Å². The molecule has 0 saturated heterocycles. The van der Waals surface area contributed by atoms with E-state index in [2.05, 4.69) is 0 Å². The Labute approximate surface area is 109 Å². The van der Waals surface area contributed by atoms with E-state index in [1.165, 1.54) is 6.07 Å². The number of hydrogen-bond donors (Lipinski definition) is 1. The summed E-state index contributed by atoms with van der Waals surface area (Å²) < 4.78 is 13.7. The topological polar surface area (TPSA) is 37.3 Å². The number of carboxylic acid groups (broad SMARTS) is 1. The Balaban J connectivity index is 2.58. The van der Waals surface area contributed by atoms with E-state index in [0.29, 0.717) is 21.7 Å². The van der Waals surface area contributed by atoms with Gasteiger partial charge in [-0.15, -0.1) is 0 Å². The fraction of sp³-hybridized carbons (Fsp3) is 0.0714. The highest BCUT2D eigenvalue weighted by atomic mass is 35.5. The molecule has 0 bridgehead atoms. The van der Waals surface area contributed by atoms with Crippen LogP contribution in [0.1, 0.15) is 5.56 Å². The molecule has 92 valence electrons. The monoisotopic (exact) mass is 264 g/mol. The van der Waals surface area contributed by atoms with E-state index in [4.69, 9.17) is 16.7 Å². The van der Waals surface area contributed by atoms with Crippen LogP contribution in [0, 0.1) is 5.82 Å². The summed E-state index contributed by atoms with van der Waals surface area (Å²) in [6, 6.07) is 11.0. The van der Waals surface area contributed by atoms with Crippen molar-refractivity contribution in [1.82, 2.24) is 0 Å². The number of halogens is 2. The molecule has 0 saturated carbocycles. The summed E-state index contributed by atoms with van der Waals surface area (Å²) in [4.78, 5) is 10.8. The third-order valence-corrected chi connectivity index (χ3v) is 2.81. The Morgan fingerprint density at radius 2 is 1.89 bits per heavy atom. The van der Waals surface area contributed by atoms with E-state index in [1.54, 1.807) is 36.4 Å². The van der Waals surface area contributed by atoms with Gasteiger partial charge in [-0.2, -0.15) is 0 Å². The molecule has 2 aromatic rings. The lowest BCUT2D eigenvalue weighted by molar-refractivity contribution is -0.136. The molecule has 0 amide bonds. The molecule has 0 radical (unpaired) electrons. The zero-order valence-corrected chi connectivity index (χ0v) is 10.1. The maximum Gasteiger partial charge on any atom is 0.307 e. The fourth-order valence-corrected chi connectivity index (χ4v) is 1.97. The van der Waals surface area contributed by atoms with Crippen LogP contribution >= 0.6 is 11.6 Å². The summed E-state index contributed by atoms with van der Waals surface area (Å²) in [5.74, 6) is -1.36. The van der Waals surface area contributed by atoms with Gasteiger partial charge in [0.25, 0.3) is 0 Å². The van der Waals surface area contributed by atoms with Crippen LogP contribution < -0.4 is 0 Å². The molecular formula is C14H10ClFO2. The molecule has 0 unspecified atom stereocenters. The first kappa shape index (κ1) is 12.6. The molecule has 0 atom stereocenters. The third kappa shape index (κ3) is 2.68. The van der Waals surface area contributed by atoms with Gasteiger partial charge in [-0.05, 0) is 29.3 Å². The summed E-state index contributed by atoms with van der Waals surface area (Å²) >= 11 is 5.89. The third-order valence-electron chi connectivity index (χ3n) is 2.58. The van der Waals surface area contributed by atoms with Gasteiger partial charge in [0.1, 0.15) is 5.82 Å². The lowest BCUT2D eigenvalue weighted by atomic mass is 9.97. The molecule has 2 rings (SSSR count). The summed E-state index contributed by atoms with van der Waals surface area (Å²) in [5, 5.41) is 9.30. The number of carboxylic acids is 1. The average molecular weight is 265 g/mol. The van der Waals surface area contributed by atoms with Crippen LogP contribution in [0.2, 0.25) is 5.02 Å². The molecule has 1 N–H and O–H groups in total. The molecule has 0 aromatic heterocycles. The number of benzene rings is 2. The molecule has 0 spiro atoms. The summed E-state index contributed by atoms with van der Waals surface area (Å²) in [6.45, 7) is 0. The minimum atomic E-state index is -0.963. The highest BCUT2D eigenvalue weighted by Crippen LogP contribution is 2.29. The van der Waals surface area contributed by atoms with Crippen LogP contribution in [-0.4, -0.2) is 11.1 Å². The van der Waals surface area contributed by atoms with Crippen LogP contribution in [0.3, 0.4) is 0 Å². The summed E-state index contributed by atoms with van der Waals surface area (Å²) in [5.41, 5.74) is 1.41. The van der Waals surface area contributed by atoms with Gasteiger partial charge in [-0.1, -0.05) is 35.9 Å². The van der Waals surface area contributed by atoms with E-state index >= 15 is 0 Å². The Morgan fingerprint density at radius 3 is 2.56 bits per heavy atom. The van der Waals surface area contributed by atoms with Gasteiger partial charge in [0.05, 0.1) is 6.42 Å². The molecule has 18 heavy (non-hydrogen) atoms. The number of rotatable bonds is 3. The Morgan fingerprint density at radius 1 is 1.17 bits per heavy atom. The first-order chi connectivity index (χ1) is 8.58. The van der Waals surface area contributed by atoms with Gasteiger partial charge in [0.15, 0.2) is 0 Å². The van der Waals surface area contributed by atoms with E-state index in [0.717, 1.165) is 0 Å². The molecule has 0 aliphatic carbocycles. The first-order valence-corrected chi connectivity index (χ1v) is 5.71. The quantitative estimate of drug-likeness (QED) is 0.916. The van der Waals surface area contributed by atoms with Crippen molar-refractivity contribution in [3.63, 3.8) is 0 Å². The van der Waals surface area contributed by atoms with Gasteiger partial charge in [0.2, 0.25) is 0 Å². The van der Waals surface area contributed by atoms with Crippen molar-refractivity contribution in [2.24, 2.45) is 0 Å². The van der Waals surface area contributed by atoms with Crippen molar-refractivity contribution in [1.29, 1.82) is 0 Å². The Hall–Kier alpha value is -1.87. The van der Waals surface area contributed by atoms with Crippen molar-refractivity contribution >= 4 is 17.6 Å². The molecule has 4 heteroatoms. The fourth-order valence-electron chi connectivity index (χ4n) is 1.80. The zero-order valence-electron chi connectivity index (χ0n) is 9.36. The smallest absolute Gasteiger partial charge is 0.307 e. The SMILES string of the molecule is O=C(O)Cc1ccc(Cl)cc1-c1ccccc1F. The lowest BCUT2D eigenvalue weighted by Crippen LogP contribution is -2.02. The second-order valence-electron chi connectivity index (χ2n) is 3.85. The van der Waals surface area contributed by atoms with E-state index in [1.807, 2.05) is 0 Å². The second-order valence-corrected chi connectivity index (χ2v) is 4.29. The molecular weight excluding hydrogens is 255 g/mol. The van der Waals surface area contributed by atoms with Gasteiger partial charge in [0, 0.05) is 10.6 Å². The molecule has 0 fully saturated rings. The first-order valence-electron chi connectivity index (χ1n) is 5.33. The number of carbonyl (C=O) groups is 1. The van der Waals surface area contributed by atoms with E-state index in [-0.39, 0.29) is 6.42 Å². The van der Waals surface area contributed by atoms with Gasteiger partial charge in [-0.25, -0.2) is 4.39 Å². The highest BCUT2D eigenvalue weighted by Gasteiger charge is 2.12. The average Bonchev–Trinajstić information content (AvgIpc) is 2.32. The van der Waals surface area contributed by atoms with Gasteiger partial charge < -0.3 is 5.11 Å². The van der Waals surface area contributed by atoms with Crippen LogP contribution in [-0.2, 0) is 11.2 Å². The Kier molecular flexibility index (Phi) is 3.63. The maximum absolute atomic E-state index is 13.7. The molecule has 0 aliphatic rings. The van der Waals surface area contributed by atoms with Crippen molar-refractivity contribution in [2.75, 3.05) is 0 Å². The Bertz CT molecular complexity index is 596. The molecule has 0 heterocycles. The van der Waals surface area contributed by atoms with Gasteiger partial charge in [-0.3, -0.25) is 4.79 Å². The summed E-state index contributed by atoms with van der Waals surface area (Å²) in [7, 11) is 0. The predicted octanol–water partition coefficient (Wildman–Crippen LogP) is 3.77. The number of hydrogen-bond acceptors (Lipinski definition) is 1. The minimum absolute atomic E-state index is 0.166. The van der Waals surface area contributed by atoms with Gasteiger partial charge >= 0.3 is 5.97 Å². The van der Waals surface area contributed by atoms with Crippen LogP contribution in [0.4, 0.5) is 4.39 Å². The lowest BCUT2D eigenvalue weighted by Gasteiger charge is -2.09. The minimum Gasteiger partial charge on any atom is -0.481 e. The summed E-state index contributed by atoms with van der Waals surface area (Å²) in [6.07, 6.45) is -0.166. The van der Waals surface area contributed by atoms with Crippen LogP contribution in [0.15, 0.2) is 42.5 Å². The van der Waals surface area contributed by atoms with Crippen molar-refractivity contribution < 1.29 is 14.3 Å². The molecule has 2 aromatic carbocycles. The molecule has 0 aliphatic heterocycles. The highest BCUT2D eigenvalue weighted by molar-refractivity contribution is 6.30. The standard InChI is InChI=1S/C14H10ClFO2/c15-10-6-5-9(7-14(17)18)12(8-10)11-3-1-2-4-13(11)16/h1-6,8H,7H2,(H,17,18). The van der Waals surface area contributed by atoms with E-state index < -0.39 is 11.8 Å². The second kappa shape index (κ2) is 5.19. The number of aliphatic carboxylic acids is 1. The van der Waals surface area contributed by atoms with Crippen LogP contribution in [0.25, 0.3) is 11.1 Å².